The number of ether oxygens (including phenoxy) is 2. The summed E-state index contributed by atoms with van der Waals surface area (Å²) in [7, 11) is -4.61. The van der Waals surface area contributed by atoms with Gasteiger partial charge in [0.2, 0.25) is 21.8 Å². The highest BCUT2D eigenvalue weighted by Gasteiger charge is 2.61. The smallest absolute Gasteiger partial charge is 0.410 e. The molecule has 0 unspecified atom stereocenters. The largest absolute Gasteiger partial charge is 0.479 e. The molecule has 1 saturated carbocycles. The summed E-state index contributed by atoms with van der Waals surface area (Å²) >= 11 is 0. The molecule has 0 radical (unpaired) electrons. The number of sulfonamides is 1. The highest BCUT2D eigenvalue weighted by Crippen LogP contribution is 2.45. The van der Waals surface area contributed by atoms with Gasteiger partial charge in [0, 0.05) is 43.6 Å². The Kier molecular flexibility index (Phi) is 11.3. The summed E-state index contributed by atoms with van der Waals surface area (Å²) in [6, 6.07) is 6.24. The van der Waals surface area contributed by atoms with Gasteiger partial charge < -0.3 is 30.1 Å². The van der Waals surface area contributed by atoms with Crippen molar-refractivity contribution in [3.63, 3.8) is 0 Å². The lowest BCUT2D eigenvalue weighted by Gasteiger charge is -2.31. The zero-order valence-corrected chi connectivity index (χ0v) is 32.2. The summed E-state index contributed by atoms with van der Waals surface area (Å²) < 4.78 is 54.7. The fraction of sp³-hybridized carbons (Fsp3) is 0.486. The third-order valence-electron chi connectivity index (χ3n) is 10.3. The number of amides is 4. The number of benzene rings is 2. The van der Waals surface area contributed by atoms with E-state index in [0.717, 1.165) is 21.3 Å². The van der Waals surface area contributed by atoms with Gasteiger partial charge in [0.15, 0.2) is 4.90 Å². The number of nitro benzene ring substituents is 1. The van der Waals surface area contributed by atoms with Gasteiger partial charge in [0.05, 0.1) is 18.0 Å². The van der Waals surface area contributed by atoms with E-state index in [1.54, 1.807) is 32.9 Å². The number of nitrogens with one attached hydrogen (secondary N) is 2. The maximum Gasteiger partial charge on any atom is 0.410 e. The number of hydrogen-bond donors (Lipinski definition) is 3. The van der Waals surface area contributed by atoms with E-state index in [-0.39, 0.29) is 45.4 Å². The van der Waals surface area contributed by atoms with E-state index in [1.807, 2.05) is 0 Å². The van der Waals surface area contributed by atoms with Gasteiger partial charge in [-0.25, -0.2) is 27.2 Å². The number of alkyl carbamates (subject to hydrolysis) is 1. The normalized spacial score (nSPS) is 25.5. The molecule has 2 aromatic carbocycles. The number of fused-ring (bicyclic) bond motifs is 3. The molecule has 18 nitrogen and oxygen atoms in total. The van der Waals surface area contributed by atoms with Crippen molar-refractivity contribution in [1.82, 2.24) is 24.7 Å². The van der Waals surface area contributed by atoms with Crippen LogP contribution in [-0.4, -0.2) is 111 Å². The van der Waals surface area contributed by atoms with Crippen molar-refractivity contribution in [2.24, 2.45) is 5.92 Å². The second-order valence-corrected chi connectivity index (χ2v) is 17.3. The van der Waals surface area contributed by atoms with Crippen LogP contribution in [0.2, 0.25) is 0 Å². The van der Waals surface area contributed by atoms with E-state index < -0.39 is 110 Å². The lowest BCUT2D eigenvalue weighted by molar-refractivity contribution is -0.387. The van der Waals surface area contributed by atoms with Crippen LogP contribution < -0.4 is 10.6 Å². The van der Waals surface area contributed by atoms with Crippen molar-refractivity contribution >= 4 is 45.7 Å². The summed E-state index contributed by atoms with van der Waals surface area (Å²) in [5.41, 5.74) is -2.56. The zero-order chi connectivity index (χ0) is 41.4. The second-order valence-electron chi connectivity index (χ2n) is 15.4. The molecule has 4 amide bonds. The predicted octanol–water partition coefficient (Wildman–Crippen LogP) is 3.05. The van der Waals surface area contributed by atoms with E-state index >= 15 is 0 Å². The molecule has 3 heterocycles. The minimum Gasteiger partial charge on any atom is -0.479 e. The van der Waals surface area contributed by atoms with Crippen LogP contribution in [0.1, 0.15) is 57.6 Å². The van der Waals surface area contributed by atoms with Crippen molar-refractivity contribution < 1.29 is 56.3 Å². The molecule has 57 heavy (non-hydrogen) atoms. The van der Waals surface area contributed by atoms with Gasteiger partial charge in [-0.2, -0.15) is 4.31 Å². The van der Waals surface area contributed by atoms with Gasteiger partial charge in [0.1, 0.15) is 35.1 Å². The number of aliphatic carboxylic acids is 1. The lowest BCUT2D eigenvalue weighted by Crippen LogP contribution is -2.57. The molecule has 1 aliphatic carbocycles. The molecule has 5 atom stereocenters. The molecule has 0 aromatic heterocycles. The van der Waals surface area contributed by atoms with E-state index in [9.17, 15) is 52.0 Å². The summed E-state index contributed by atoms with van der Waals surface area (Å²) in [6.45, 7) is 3.62. The van der Waals surface area contributed by atoms with Crippen molar-refractivity contribution in [2.45, 2.75) is 93.8 Å². The number of hydrogen-bond acceptors (Lipinski definition) is 11. The highest BCUT2D eigenvalue weighted by atomic mass is 32.2. The fourth-order valence-corrected chi connectivity index (χ4v) is 8.97. The Bertz CT molecular complexity index is 2130. The van der Waals surface area contributed by atoms with E-state index in [0.29, 0.717) is 11.1 Å². The number of carbonyl (C=O) groups excluding carboxylic acids is 4. The van der Waals surface area contributed by atoms with Gasteiger partial charge in [0.25, 0.3) is 5.69 Å². The van der Waals surface area contributed by atoms with Crippen LogP contribution in [0, 0.1) is 21.8 Å². The van der Waals surface area contributed by atoms with Crippen LogP contribution in [0.3, 0.4) is 0 Å². The minimum absolute atomic E-state index is 0.0171. The van der Waals surface area contributed by atoms with Crippen molar-refractivity contribution in [2.75, 3.05) is 19.6 Å². The quantitative estimate of drug-likeness (QED) is 0.217. The Hall–Kier alpha value is -5.63. The van der Waals surface area contributed by atoms with Crippen LogP contribution in [0.25, 0.3) is 0 Å². The Morgan fingerprint density at radius 1 is 1.09 bits per heavy atom. The molecule has 20 heteroatoms. The highest BCUT2D eigenvalue weighted by molar-refractivity contribution is 7.89. The number of nitro groups is 1. The van der Waals surface area contributed by atoms with Gasteiger partial charge in [-0.1, -0.05) is 36.4 Å². The Labute approximate surface area is 327 Å². The first-order chi connectivity index (χ1) is 26.8. The molecule has 0 spiro atoms. The summed E-state index contributed by atoms with van der Waals surface area (Å²) in [5, 5.41) is 27.1. The monoisotopic (exact) mass is 814 g/mol. The van der Waals surface area contributed by atoms with Gasteiger partial charge in [-0.15, -0.1) is 0 Å². The average Bonchev–Trinajstić information content (AvgIpc) is 3.42. The molecule has 3 N–H and O–H groups in total. The summed E-state index contributed by atoms with van der Waals surface area (Å²) in [5.74, 6) is -4.30. The lowest BCUT2D eigenvalue weighted by atomic mass is 10.1. The number of carboxylic acid groups (broad SMARTS) is 1. The Balaban J connectivity index is 1.33. The molecule has 2 fully saturated rings. The maximum absolute atomic E-state index is 14.6. The first-order valence-corrected chi connectivity index (χ1v) is 19.7. The van der Waals surface area contributed by atoms with Crippen molar-refractivity contribution in [3.8, 4) is 0 Å². The number of para-hydroxylation sites is 1. The second kappa shape index (κ2) is 15.7. The van der Waals surface area contributed by atoms with E-state index in [1.165, 1.54) is 35.2 Å². The molecule has 4 aliphatic rings. The Morgan fingerprint density at radius 2 is 1.82 bits per heavy atom. The topological polar surface area (TPSA) is 235 Å². The maximum atomic E-state index is 14.6. The van der Waals surface area contributed by atoms with E-state index in [4.69, 9.17) is 9.47 Å². The van der Waals surface area contributed by atoms with Crippen molar-refractivity contribution in [1.29, 1.82) is 0 Å². The van der Waals surface area contributed by atoms with Crippen LogP contribution in [0.15, 0.2) is 59.5 Å². The number of carbonyl (C=O) groups is 5. The molecular weight excluding hydrogens is 772 g/mol. The number of halogens is 1. The third kappa shape index (κ3) is 8.70. The average molecular weight is 815 g/mol. The summed E-state index contributed by atoms with van der Waals surface area (Å²) in [4.78, 5) is 80.3. The molecule has 306 valence electrons. The molecule has 0 bridgehead atoms. The predicted molar refractivity (Wildman–Crippen MR) is 196 cm³/mol. The van der Waals surface area contributed by atoms with Gasteiger partial charge in [-0.3, -0.25) is 24.6 Å². The minimum atomic E-state index is -4.61. The first kappa shape index (κ1) is 41.0. The van der Waals surface area contributed by atoms with Crippen LogP contribution in [0.5, 0.6) is 0 Å². The van der Waals surface area contributed by atoms with Crippen molar-refractivity contribution in [3.05, 3.63) is 81.7 Å². The number of nitrogens with zero attached hydrogens (tertiary/aromatic N) is 4. The van der Waals surface area contributed by atoms with Gasteiger partial charge in [-0.05, 0) is 57.7 Å². The Morgan fingerprint density at radius 3 is 2.51 bits per heavy atom. The number of carboxylic acids is 1. The molecule has 2 aromatic rings. The molecular formula is C37H43FN6O12S. The zero-order valence-electron chi connectivity index (χ0n) is 31.4. The molecule has 1 saturated heterocycles. The first-order valence-electron chi connectivity index (χ1n) is 18.3. The third-order valence-corrected chi connectivity index (χ3v) is 12.2. The summed E-state index contributed by atoms with van der Waals surface area (Å²) in [6.07, 6.45) is -0.601. The van der Waals surface area contributed by atoms with Gasteiger partial charge >= 0.3 is 18.2 Å². The number of rotatable bonds is 6. The molecule has 3 aliphatic heterocycles. The SMILES string of the molecule is CC(C)(C)OC(=O)N[C@H]1CCN(S(=O)(=O)c2ccccc2[N+](=O)[O-])CCC=C[C@@H]2C[C@@]2(C(=O)O)NC(=O)[C@@H]2C[C@@H](OC(=O)N3Cc4cccc(F)c4C3)CN2C1=O. The fourth-order valence-electron chi connectivity index (χ4n) is 7.35. The van der Waals surface area contributed by atoms with Crippen LogP contribution >= 0.6 is 0 Å². The van der Waals surface area contributed by atoms with Crippen LogP contribution in [0.4, 0.5) is 19.7 Å². The van der Waals surface area contributed by atoms with E-state index in [2.05, 4.69) is 10.6 Å². The van der Waals surface area contributed by atoms with Crippen LogP contribution in [-0.2, 0) is 47.0 Å². The molecule has 6 rings (SSSR count). The standard InChI is InChI=1S/C37H43FN6O12S/c1-36(2,3)56-34(49)39-27-14-16-42(57(53,54)30-13-5-4-12-28(30)44(51)52)15-7-6-10-23-18-37(23,33(47)48)40-31(45)29-17-24(20-43(29)32(27)46)55-35(50)41-19-22-9-8-11-26(38)25(22)21-41/h4-6,8-13,23-24,27,29H,7,14-21H2,1-3H3,(H,39,49)(H,40,45)(H,47,48)/t23-,24-,27+,29+,37-/m1/s1.